The van der Waals surface area contributed by atoms with Crippen LogP contribution in [0.3, 0.4) is 0 Å². The molecule has 1 aromatic carbocycles. The number of amides is 1. The van der Waals surface area contributed by atoms with Crippen LogP contribution in [0.2, 0.25) is 0 Å². The molecule has 104 valence electrons. The van der Waals surface area contributed by atoms with Crippen LogP contribution in [0, 0.1) is 19.8 Å². The number of carbonyl (C=O) groups is 1. The van der Waals surface area contributed by atoms with Crippen LogP contribution in [0.4, 0.5) is 0 Å². The second-order valence-corrected chi connectivity index (χ2v) is 5.76. The Morgan fingerprint density at radius 2 is 1.79 bits per heavy atom. The molecule has 1 aliphatic heterocycles. The van der Waals surface area contributed by atoms with Crippen LogP contribution < -0.4 is 5.32 Å². The number of benzene rings is 1. The highest BCUT2D eigenvalue weighted by Crippen LogP contribution is 2.15. The molecule has 0 saturated carbocycles. The Labute approximate surface area is 116 Å². The molecule has 3 nitrogen and oxygen atoms in total. The van der Waals surface area contributed by atoms with E-state index in [0.717, 1.165) is 36.3 Å². The van der Waals surface area contributed by atoms with Crippen molar-refractivity contribution in [2.75, 3.05) is 26.7 Å². The number of nitrogens with zero attached hydrogens (tertiary/aromatic N) is 1. The van der Waals surface area contributed by atoms with Gasteiger partial charge in [0.2, 0.25) is 0 Å². The molecule has 0 aliphatic carbocycles. The van der Waals surface area contributed by atoms with E-state index in [1.165, 1.54) is 12.8 Å². The molecule has 1 aromatic rings. The maximum Gasteiger partial charge on any atom is 0.253 e. The Bertz CT molecular complexity index is 430. The van der Waals surface area contributed by atoms with E-state index >= 15 is 0 Å². The fourth-order valence-corrected chi connectivity index (χ4v) is 2.85. The molecule has 0 aromatic heterocycles. The van der Waals surface area contributed by atoms with Gasteiger partial charge >= 0.3 is 0 Å². The lowest BCUT2D eigenvalue weighted by Gasteiger charge is -2.27. The van der Waals surface area contributed by atoms with Gasteiger partial charge < -0.3 is 10.2 Å². The first-order valence-electron chi connectivity index (χ1n) is 7.11. The van der Waals surface area contributed by atoms with Crippen molar-refractivity contribution in [1.82, 2.24) is 10.2 Å². The summed E-state index contributed by atoms with van der Waals surface area (Å²) in [6.07, 6.45) is 2.34. The predicted octanol–water partition coefficient (Wildman–Crippen LogP) is 2.38. The van der Waals surface area contributed by atoms with Crippen LogP contribution in [-0.2, 0) is 0 Å². The number of rotatable bonds is 3. The van der Waals surface area contributed by atoms with Crippen LogP contribution in [0.25, 0.3) is 0 Å². The van der Waals surface area contributed by atoms with Crippen molar-refractivity contribution in [3.63, 3.8) is 0 Å². The summed E-state index contributed by atoms with van der Waals surface area (Å²) in [7, 11) is 1.92. The summed E-state index contributed by atoms with van der Waals surface area (Å²) >= 11 is 0. The molecular weight excluding hydrogens is 236 g/mol. The predicted molar refractivity (Wildman–Crippen MR) is 78.5 cm³/mol. The molecule has 1 N–H and O–H groups in total. The van der Waals surface area contributed by atoms with E-state index in [4.69, 9.17) is 0 Å². The van der Waals surface area contributed by atoms with Gasteiger partial charge in [0.1, 0.15) is 0 Å². The Balaban J connectivity index is 2.01. The lowest BCUT2D eigenvalue weighted by molar-refractivity contribution is 0.0762. The lowest BCUT2D eigenvalue weighted by atomic mass is 9.97. The normalized spacial score (nSPS) is 16.4. The molecule has 1 amide bonds. The molecule has 19 heavy (non-hydrogen) atoms. The zero-order chi connectivity index (χ0) is 13.8. The monoisotopic (exact) mass is 260 g/mol. The van der Waals surface area contributed by atoms with Crippen molar-refractivity contribution in [2.24, 2.45) is 5.92 Å². The van der Waals surface area contributed by atoms with Crippen molar-refractivity contribution in [2.45, 2.75) is 26.7 Å². The number of nitrogens with one attached hydrogen (secondary N) is 1. The Kier molecular flexibility index (Phi) is 4.59. The van der Waals surface area contributed by atoms with Gasteiger partial charge in [-0.15, -0.1) is 0 Å². The Hall–Kier alpha value is -1.35. The van der Waals surface area contributed by atoms with Crippen molar-refractivity contribution in [3.05, 3.63) is 34.9 Å². The number of hydrogen-bond donors (Lipinski definition) is 1. The van der Waals surface area contributed by atoms with Crippen LogP contribution >= 0.6 is 0 Å². The zero-order valence-electron chi connectivity index (χ0n) is 12.2. The molecule has 2 rings (SSSR count). The summed E-state index contributed by atoms with van der Waals surface area (Å²) in [4.78, 5) is 14.3. The topological polar surface area (TPSA) is 32.3 Å². The summed E-state index contributed by atoms with van der Waals surface area (Å²) in [5.74, 6) is 0.784. The second-order valence-electron chi connectivity index (χ2n) is 5.76. The second kappa shape index (κ2) is 6.20. The molecule has 1 aliphatic rings. The Morgan fingerprint density at radius 3 is 2.37 bits per heavy atom. The maximum atomic E-state index is 12.4. The van der Waals surface area contributed by atoms with E-state index in [2.05, 4.69) is 11.4 Å². The first kappa shape index (κ1) is 14.1. The first-order chi connectivity index (χ1) is 9.06. The molecule has 0 unspecified atom stereocenters. The number of carbonyl (C=O) groups excluding carboxylic acids is 1. The summed E-state index contributed by atoms with van der Waals surface area (Å²) in [5.41, 5.74) is 3.12. The number of piperidine rings is 1. The minimum Gasteiger partial charge on any atom is -0.341 e. The summed E-state index contributed by atoms with van der Waals surface area (Å²) in [6.45, 7) is 7.10. The van der Waals surface area contributed by atoms with Gasteiger partial charge in [0.15, 0.2) is 0 Å². The van der Waals surface area contributed by atoms with E-state index in [-0.39, 0.29) is 5.91 Å². The van der Waals surface area contributed by atoms with Crippen molar-refractivity contribution in [3.8, 4) is 0 Å². The standard InChI is InChI=1S/C16H24N2O/c1-12-8-13(2)10-15(9-12)16(19)18(3)11-14-4-6-17-7-5-14/h8-10,14,17H,4-7,11H2,1-3H3. The van der Waals surface area contributed by atoms with Gasteiger partial charge in [-0.05, 0) is 57.8 Å². The molecule has 0 radical (unpaired) electrons. The average molecular weight is 260 g/mol. The van der Waals surface area contributed by atoms with Gasteiger partial charge in [-0.1, -0.05) is 17.2 Å². The van der Waals surface area contributed by atoms with E-state index in [0.29, 0.717) is 5.92 Å². The highest BCUT2D eigenvalue weighted by Gasteiger charge is 2.19. The van der Waals surface area contributed by atoms with Gasteiger partial charge in [-0.25, -0.2) is 0 Å². The molecule has 0 atom stereocenters. The summed E-state index contributed by atoms with van der Waals surface area (Å²) in [6, 6.07) is 6.06. The van der Waals surface area contributed by atoms with Gasteiger partial charge in [0.25, 0.3) is 5.91 Å². The third-order valence-corrected chi connectivity index (χ3v) is 3.81. The fourth-order valence-electron chi connectivity index (χ4n) is 2.85. The number of aryl methyl sites for hydroxylation is 2. The van der Waals surface area contributed by atoms with E-state index in [9.17, 15) is 4.79 Å². The van der Waals surface area contributed by atoms with Crippen molar-refractivity contribution in [1.29, 1.82) is 0 Å². The van der Waals surface area contributed by atoms with Crippen LogP contribution in [0.15, 0.2) is 18.2 Å². The zero-order valence-corrected chi connectivity index (χ0v) is 12.2. The lowest BCUT2D eigenvalue weighted by Crippen LogP contribution is -2.37. The summed E-state index contributed by atoms with van der Waals surface area (Å²) in [5, 5.41) is 3.36. The van der Waals surface area contributed by atoms with Crippen LogP contribution in [0.5, 0.6) is 0 Å². The molecule has 1 saturated heterocycles. The summed E-state index contributed by atoms with van der Waals surface area (Å²) < 4.78 is 0. The Morgan fingerprint density at radius 1 is 1.21 bits per heavy atom. The molecule has 1 fully saturated rings. The average Bonchev–Trinajstić information content (AvgIpc) is 2.37. The fraction of sp³-hybridized carbons (Fsp3) is 0.562. The van der Waals surface area contributed by atoms with Crippen molar-refractivity contribution < 1.29 is 4.79 Å². The number of hydrogen-bond acceptors (Lipinski definition) is 2. The molecule has 3 heteroatoms. The van der Waals surface area contributed by atoms with Crippen LogP contribution in [-0.4, -0.2) is 37.5 Å². The quantitative estimate of drug-likeness (QED) is 0.905. The minimum absolute atomic E-state index is 0.144. The van der Waals surface area contributed by atoms with Crippen molar-refractivity contribution >= 4 is 5.91 Å². The highest BCUT2D eigenvalue weighted by atomic mass is 16.2. The molecule has 1 heterocycles. The van der Waals surface area contributed by atoms with Crippen LogP contribution in [0.1, 0.15) is 34.3 Å². The van der Waals surface area contributed by atoms with Gasteiger partial charge in [-0.3, -0.25) is 4.79 Å². The van der Waals surface area contributed by atoms with Gasteiger partial charge in [-0.2, -0.15) is 0 Å². The first-order valence-corrected chi connectivity index (χ1v) is 7.11. The minimum atomic E-state index is 0.144. The molecular formula is C16H24N2O. The maximum absolute atomic E-state index is 12.4. The third-order valence-electron chi connectivity index (χ3n) is 3.81. The SMILES string of the molecule is Cc1cc(C)cc(C(=O)N(C)CC2CCNCC2)c1. The van der Waals surface area contributed by atoms with Gasteiger partial charge in [0.05, 0.1) is 0 Å². The molecule has 0 spiro atoms. The van der Waals surface area contributed by atoms with E-state index in [1.54, 1.807) is 0 Å². The van der Waals surface area contributed by atoms with E-state index < -0.39 is 0 Å². The largest absolute Gasteiger partial charge is 0.341 e. The smallest absolute Gasteiger partial charge is 0.253 e. The molecule has 0 bridgehead atoms. The van der Waals surface area contributed by atoms with E-state index in [1.807, 2.05) is 37.9 Å². The highest BCUT2D eigenvalue weighted by molar-refractivity contribution is 5.94. The third kappa shape index (κ3) is 3.80. The van der Waals surface area contributed by atoms with Gasteiger partial charge in [0, 0.05) is 19.2 Å².